The standard InChI is InChI=1S/C14H24N6/c1-9-16-13(8-14(17-9)19-15)18-10-6-11-4-3-5-12(7-10)20(11)2/h8,10-12H,3-7,15H2,1-2H3,(H2,16,17,18,19). The first kappa shape index (κ1) is 13.6. The van der Waals surface area contributed by atoms with Gasteiger partial charge >= 0.3 is 0 Å². The van der Waals surface area contributed by atoms with Crippen molar-refractivity contribution in [3.63, 3.8) is 0 Å². The molecular weight excluding hydrogens is 252 g/mol. The van der Waals surface area contributed by atoms with Gasteiger partial charge in [-0.2, -0.15) is 0 Å². The molecule has 2 aliphatic heterocycles. The van der Waals surface area contributed by atoms with E-state index in [1.54, 1.807) is 0 Å². The second-order valence-electron chi connectivity index (χ2n) is 6.05. The van der Waals surface area contributed by atoms with Gasteiger partial charge in [-0.15, -0.1) is 0 Å². The zero-order chi connectivity index (χ0) is 14.1. The molecule has 110 valence electrons. The molecule has 0 saturated carbocycles. The molecule has 0 radical (unpaired) electrons. The molecule has 0 aromatic carbocycles. The normalized spacial score (nSPS) is 30.1. The van der Waals surface area contributed by atoms with Gasteiger partial charge in [-0.3, -0.25) is 0 Å². The Kier molecular flexibility index (Phi) is 3.76. The van der Waals surface area contributed by atoms with Crippen LogP contribution < -0.4 is 16.6 Å². The van der Waals surface area contributed by atoms with Gasteiger partial charge in [0, 0.05) is 24.2 Å². The highest BCUT2D eigenvalue weighted by Crippen LogP contribution is 2.33. The Morgan fingerprint density at radius 3 is 2.50 bits per heavy atom. The highest BCUT2D eigenvalue weighted by atomic mass is 15.3. The van der Waals surface area contributed by atoms with Crippen molar-refractivity contribution >= 4 is 11.6 Å². The molecule has 2 saturated heterocycles. The average molecular weight is 276 g/mol. The minimum absolute atomic E-state index is 0.501. The van der Waals surface area contributed by atoms with Gasteiger partial charge in [-0.25, -0.2) is 15.8 Å². The number of fused-ring (bicyclic) bond motifs is 2. The van der Waals surface area contributed by atoms with E-state index >= 15 is 0 Å². The zero-order valence-corrected chi connectivity index (χ0v) is 12.3. The maximum atomic E-state index is 5.44. The van der Waals surface area contributed by atoms with Crippen LogP contribution in [-0.2, 0) is 0 Å². The number of nitrogens with zero attached hydrogens (tertiary/aromatic N) is 3. The number of nitrogen functional groups attached to an aromatic ring is 1. The van der Waals surface area contributed by atoms with E-state index in [1.165, 1.54) is 32.1 Å². The topological polar surface area (TPSA) is 79.1 Å². The van der Waals surface area contributed by atoms with E-state index in [0.29, 0.717) is 11.9 Å². The third kappa shape index (κ3) is 2.71. The van der Waals surface area contributed by atoms with E-state index in [1.807, 2.05) is 13.0 Å². The number of piperidine rings is 2. The Balaban J connectivity index is 1.70. The van der Waals surface area contributed by atoms with E-state index < -0.39 is 0 Å². The summed E-state index contributed by atoms with van der Waals surface area (Å²) in [5.74, 6) is 7.70. The largest absolute Gasteiger partial charge is 0.367 e. The van der Waals surface area contributed by atoms with E-state index in [2.05, 4.69) is 32.7 Å². The van der Waals surface area contributed by atoms with Crippen LogP contribution in [0.5, 0.6) is 0 Å². The molecule has 2 fully saturated rings. The predicted molar refractivity (Wildman–Crippen MR) is 80.4 cm³/mol. The van der Waals surface area contributed by atoms with Crippen molar-refractivity contribution < 1.29 is 0 Å². The summed E-state index contributed by atoms with van der Waals surface area (Å²) in [5.41, 5.74) is 2.59. The van der Waals surface area contributed by atoms with Crippen LogP contribution in [0.3, 0.4) is 0 Å². The SMILES string of the molecule is Cc1nc(NN)cc(NC2CC3CCCC(C2)N3C)n1. The Morgan fingerprint density at radius 1 is 1.20 bits per heavy atom. The number of anilines is 2. The van der Waals surface area contributed by atoms with Gasteiger partial charge in [-0.1, -0.05) is 6.42 Å². The molecule has 1 aromatic rings. The lowest BCUT2D eigenvalue weighted by atomic mass is 9.82. The molecule has 6 nitrogen and oxygen atoms in total. The van der Waals surface area contributed by atoms with Gasteiger partial charge in [0.2, 0.25) is 0 Å². The van der Waals surface area contributed by atoms with Crippen LogP contribution in [0.15, 0.2) is 6.07 Å². The molecule has 0 aliphatic carbocycles. The highest BCUT2D eigenvalue weighted by molar-refractivity contribution is 5.47. The maximum Gasteiger partial charge on any atom is 0.145 e. The van der Waals surface area contributed by atoms with Gasteiger partial charge in [0.1, 0.15) is 17.5 Å². The number of rotatable bonds is 3. The zero-order valence-electron chi connectivity index (χ0n) is 12.3. The predicted octanol–water partition coefficient (Wildman–Crippen LogP) is 1.50. The lowest BCUT2D eigenvalue weighted by Gasteiger charge is -2.47. The molecule has 2 bridgehead atoms. The van der Waals surface area contributed by atoms with Crippen LogP contribution >= 0.6 is 0 Å². The van der Waals surface area contributed by atoms with Crippen molar-refractivity contribution in [2.45, 2.75) is 57.2 Å². The lowest BCUT2D eigenvalue weighted by Crippen LogP contribution is -2.52. The summed E-state index contributed by atoms with van der Waals surface area (Å²) in [4.78, 5) is 11.2. The van der Waals surface area contributed by atoms with Crippen LogP contribution in [0.2, 0.25) is 0 Å². The number of aryl methyl sites for hydroxylation is 1. The van der Waals surface area contributed by atoms with Crippen molar-refractivity contribution in [1.82, 2.24) is 14.9 Å². The molecule has 20 heavy (non-hydrogen) atoms. The number of hydrogen-bond acceptors (Lipinski definition) is 6. The van der Waals surface area contributed by atoms with E-state index in [9.17, 15) is 0 Å². The molecule has 1 aromatic heterocycles. The minimum atomic E-state index is 0.501. The third-order valence-electron chi connectivity index (χ3n) is 4.68. The summed E-state index contributed by atoms with van der Waals surface area (Å²) in [7, 11) is 2.27. The van der Waals surface area contributed by atoms with E-state index in [4.69, 9.17) is 5.84 Å². The first-order valence-electron chi connectivity index (χ1n) is 7.46. The molecule has 2 unspecified atom stereocenters. The fourth-order valence-corrected chi connectivity index (χ4v) is 3.66. The van der Waals surface area contributed by atoms with Gasteiger partial charge in [0.15, 0.2) is 0 Å². The molecule has 0 amide bonds. The Morgan fingerprint density at radius 2 is 1.85 bits per heavy atom. The van der Waals surface area contributed by atoms with Crippen LogP contribution in [0.25, 0.3) is 0 Å². The molecule has 4 N–H and O–H groups in total. The van der Waals surface area contributed by atoms with Crippen molar-refractivity contribution in [2.75, 3.05) is 17.8 Å². The van der Waals surface area contributed by atoms with Gasteiger partial charge in [0.25, 0.3) is 0 Å². The second-order valence-corrected chi connectivity index (χ2v) is 6.05. The summed E-state index contributed by atoms with van der Waals surface area (Å²) >= 11 is 0. The molecule has 3 rings (SSSR count). The quantitative estimate of drug-likeness (QED) is 0.573. The molecule has 0 spiro atoms. The average Bonchev–Trinajstić information content (AvgIpc) is 2.39. The molecular formula is C14H24N6. The molecule has 6 heteroatoms. The van der Waals surface area contributed by atoms with Crippen molar-refractivity contribution in [2.24, 2.45) is 5.84 Å². The summed E-state index contributed by atoms with van der Waals surface area (Å²) in [5, 5.41) is 3.57. The first-order chi connectivity index (χ1) is 9.65. The Bertz CT molecular complexity index is 463. The minimum Gasteiger partial charge on any atom is -0.367 e. The number of nitrogens with one attached hydrogen (secondary N) is 2. The summed E-state index contributed by atoms with van der Waals surface area (Å²) in [6.45, 7) is 1.88. The Labute approximate surface area is 120 Å². The second kappa shape index (κ2) is 5.54. The Hall–Kier alpha value is -1.40. The smallest absolute Gasteiger partial charge is 0.145 e. The van der Waals surface area contributed by atoms with Gasteiger partial charge in [0.05, 0.1) is 0 Å². The van der Waals surface area contributed by atoms with Gasteiger partial charge in [-0.05, 0) is 39.7 Å². The highest BCUT2D eigenvalue weighted by Gasteiger charge is 2.35. The van der Waals surface area contributed by atoms with Crippen LogP contribution in [0.4, 0.5) is 11.6 Å². The van der Waals surface area contributed by atoms with Crippen LogP contribution in [0.1, 0.15) is 37.9 Å². The fraction of sp³-hybridized carbons (Fsp3) is 0.714. The number of hydrazine groups is 1. The number of aromatic nitrogens is 2. The van der Waals surface area contributed by atoms with Crippen LogP contribution in [-0.4, -0.2) is 40.0 Å². The van der Waals surface area contributed by atoms with E-state index in [0.717, 1.165) is 23.7 Å². The number of nitrogens with two attached hydrogens (primary N) is 1. The number of hydrogen-bond donors (Lipinski definition) is 3. The summed E-state index contributed by atoms with van der Waals surface area (Å²) < 4.78 is 0. The van der Waals surface area contributed by atoms with Crippen molar-refractivity contribution in [1.29, 1.82) is 0 Å². The summed E-state index contributed by atoms with van der Waals surface area (Å²) in [6, 6.07) is 3.81. The molecule has 2 aliphatic rings. The van der Waals surface area contributed by atoms with Crippen molar-refractivity contribution in [3.05, 3.63) is 11.9 Å². The van der Waals surface area contributed by atoms with Crippen LogP contribution in [0, 0.1) is 6.92 Å². The van der Waals surface area contributed by atoms with Crippen molar-refractivity contribution in [3.8, 4) is 0 Å². The summed E-state index contributed by atoms with van der Waals surface area (Å²) in [6.07, 6.45) is 6.41. The molecule has 2 atom stereocenters. The fourth-order valence-electron chi connectivity index (χ4n) is 3.66. The van der Waals surface area contributed by atoms with E-state index in [-0.39, 0.29) is 0 Å². The molecule has 3 heterocycles. The van der Waals surface area contributed by atoms with Gasteiger partial charge < -0.3 is 15.6 Å². The lowest BCUT2D eigenvalue weighted by molar-refractivity contribution is 0.0608. The third-order valence-corrected chi connectivity index (χ3v) is 4.68. The monoisotopic (exact) mass is 276 g/mol. The first-order valence-corrected chi connectivity index (χ1v) is 7.46. The maximum absolute atomic E-state index is 5.44.